The van der Waals surface area contributed by atoms with Crippen molar-refractivity contribution in [1.82, 2.24) is 4.98 Å². The van der Waals surface area contributed by atoms with E-state index in [1.807, 2.05) is 6.07 Å². The van der Waals surface area contributed by atoms with Crippen LogP contribution in [0.4, 0.5) is 5.82 Å². The zero-order chi connectivity index (χ0) is 9.68. The van der Waals surface area contributed by atoms with Gasteiger partial charge in [-0.05, 0) is 17.7 Å². The number of nitrogens with one attached hydrogen (secondary N) is 1. The van der Waals surface area contributed by atoms with E-state index < -0.39 is 0 Å². The Hall–Kier alpha value is -1.42. The topological polar surface area (TPSA) is 51.2 Å². The fraction of sp³-hybridized carbons (Fsp3) is 0.333. The first kappa shape index (κ1) is 9.67. The fourth-order valence-corrected chi connectivity index (χ4v) is 0.979. The van der Waals surface area contributed by atoms with Gasteiger partial charge in [0.2, 0.25) is 5.91 Å². The summed E-state index contributed by atoms with van der Waals surface area (Å²) in [5.41, 5.74) is 0.987. The molecule has 0 atom stereocenters. The van der Waals surface area contributed by atoms with Crippen LogP contribution in [0.3, 0.4) is 0 Å². The molecule has 0 saturated heterocycles. The summed E-state index contributed by atoms with van der Waals surface area (Å²) in [6.07, 6.45) is 1.64. The van der Waals surface area contributed by atoms with E-state index in [0.29, 0.717) is 12.4 Å². The molecule has 0 spiro atoms. The van der Waals surface area contributed by atoms with Gasteiger partial charge in [0.25, 0.3) is 0 Å². The second-order valence-corrected chi connectivity index (χ2v) is 2.66. The van der Waals surface area contributed by atoms with Crippen LogP contribution in [-0.4, -0.2) is 18.0 Å². The average Bonchev–Trinajstić information content (AvgIpc) is 2.04. The number of nitrogens with zero attached hydrogens (tertiary/aromatic N) is 1. The minimum Gasteiger partial charge on any atom is -0.380 e. The highest BCUT2D eigenvalue weighted by Crippen LogP contribution is 2.07. The van der Waals surface area contributed by atoms with Gasteiger partial charge in [0.05, 0.1) is 6.61 Å². The maximum Gasteiger partial charge on any atom is 0.222 e. The number of ether oxygens (including phenoxy) is 1. The summed E-state index contributed by atoms with van der Waals surface area (Å²) in [6, 6.07) is 3.62. The molecular weight excluding hydrogens is 168 g/mol. The maximum absolute atomic E-state index is 10.7. The molecule has 0 aliphatic rings. The van der Waals surface area contributed by atoms with E-state index in [0.717, 1.165) is 5.56 Å². The molecule has 1 heterocycles. The van der Waals surface area contributed by atoms with Crippen molar-refractivity contribution in [2.24, 2.45) is 0 Å². The molecule has 4 heteroatoms. The van der Waals surface area contributed by atoms with E-state index in [1.54, 1.807) is 19.4 Å². The maximum atomic E-state index is 10.7. The molecule has 0 fully saturated rings. The zero-order valence-electron chi connectivity index (χ0n) is 7.70. The third-order valence-corrected chi connectivity index (χ3v) is 1.44. The molecule has 0 bridgehead atoms. The molecule has 4 nitrogen and oxygen atoms in total. The highest BCUT2D eigenvalue weighted by molar-refractivity contribution is 5.87. The molecule has 0 unspecified atom stereocenters. The van der Waals surface area contributed by atoms with Crippen molar-refractivity contribution in [3.63, 3.8) is 0 Å². The van der Waals surface area contributed by atoms with Gasteiger partial charge in [0.1, 0.15) is 5.82 Å². The van der Waals surface area contributed by atoms with Gasteiger partial charge in [-0.2, -0.15) is 0 Å². The lowest BCUT2D eigenvalue weighted by atomic mass is 10.3. The molecule has 1 aromatic heterocycles. The van der Waals surface area contributed by atoms with Gasteiger partial charge in [0, 0.05) is 20.2 Å². The number of amides is 1. The van der Waals surface area contributed by atoms with Crippen molar-refractivity contribution in [2.75, 3.05) is 12.4 Å². The van der Waals surface area contributed by atoms with Crippen molar-refractivity contribution in [3.05, 3.63) is 23.9 Å². The van der Waals surface area contributed by atoms with Gasteiger partial charge >= 0.3 is 0 Å². The van der Waals surface area contributed by atoms with Gasteiger partial charge in [-0.3, -0.25) is 4.79 Å². The van der Waals surface area contributed by atoms with Crippen LogP contribution < -0.4 is 5.32 Å². The molecule has 1 rings (SSSR count). The van der Waals surface area contributed by atoms with Crippen LogP contribution in [-0.2, 0) is 16.1 Å². The second-order valence-electron chi connectivity index (χ2n) is 2.66. The van der Waals surface area contributed by atoms with Gasteiger partial charge in [-0.25, -0.2) is 4.98 Å². The molecule has 1 aromatic rings. The Balaban J connectivity index is 2.73. The monoisotopic (exact) mass is 180 g/mol. The lowest BCUT2D eigenvalue weighted by Crippen LogP contribution is -2.07. The van der Waals surface area contributed by atoms with Crippen LogP contribution in [0.2, 0.25) is 0 Å². The van der Waals surface area contributed by atoms with E-state index in [1.165, 1.54) is 6.92 Å². The molecule has 0 saturated carbocycles. The minimum absolute atomic E-state index is 0.123. The number of anilines is 1. The second kappa shape index (κ2) is 4.57. The van der Waals surface area contributed by atoms with E-state index in [4.69, 9.17) is 4.74 Å². The van der Waals surface area contributed by atoms with Gasteiger partial charge in [0.15, 0.2) is 0 Å². The van der Waals surface area contributed by atoms with Gasteiger partial charge < -0.3 is 10.1 Å². The fourth-order valence-electron chi connectivity index (χ4n) is 0.979. The number of pyridine rings is 1. The Labute approximate surface area is 76.9 Å². The average molecular weight is 180 g/mol. The third kappa shape index (κ3) is 3.21. The largest absolute Gasteiger partial charge is 0.380 e. The quantitative estimate of drug-likeness (QED) is 0.760. The summed E-state index contributed by atoms with van der Waals surface area (Å²) >= 11 is 0. The van der Waals surface area contributed by atoms with E-state index in [2.05, 4.69) is 10.3 Å². The van der Waals surface area contributed by atoms with Crippen molar-refractivity contribution in [2.45, 2.75) is 13.5 Å². The summed E-state index contributed by atoms with van der Waals surface area (Å²) in [7, 11) is 1.62. The normalized spacial score (nSPS) is 9.69. The number of methoxy groups -OCH3 is 1. The minimum atomic E-state index is -0.123. The van der Waals surface area contributed by atoms with Crippen LogP contribution in [0.25, 0.3) is 0 Å². The summed E-state index contributed by atoms with van der Waals surface area (Å²) in [5.74, 6) is 0.434. The number of aromatic nitrogens is 1. The predicted octanol–water partition coefficient (Wildman–Crippen LogP) is 1.19. The molecular formula is C9H12N2O2. The molecule has 1 N–H and O–H groups in total. The lowest BCUT2D eigenvalue weighted by Gasteiger charge is -2.03. The number of rotatable bonds is 3. The van der Waals surface area contributed by atoms with Crippen LogP contribution in [0, 0.1) is 0 Å². The van der Waals surface area contributed by atoms with Gasteiger partial charge in [-0.15, -0.1) is 0 Å². The number of hydrogen-bond acceptors (Lipinski definition) is 3. The Kier molecular flexibility index (Phi) is 3.40. The van der Waals surface area contributed by atoms with Gasteiger partial charge in [-0.1, -0.05) is 0 Å². The smallest absolute Gasteiger partial charge is 0.222 e. The van der Waals surface area contributed by atoms with Crippen LogP contribution >= 0.6 is 0 Å². The Morgan fingerprint density at radius 1 is 1.69 bits per heavy atom. The summed E-state index contributed by atoms with van der Waals surface area (Å²) in [6.45, 7) is 1.97. The Morgan fingerprint density at radius 2 is 2.46 bits per heavy atom. The summed E-state index contributed by atoms with van der Waals surface area (Å²) < 4.78 is 4.95. The molecule has 70 valence electrons. The molecule has 13 heavy (non-hydrogen) atoms. The van der Waals surface area contributed by atoms with Crippen molar-refractivity contribution in [1.29, 1.82) is 0 Å². The number of carbonyl (C=O) groups excluding carboxylic acids is 1. The van der Waals surface area contributed by atoms with Crippen LogP contribution in [0.5, 0.6) is 0 Å². The predicted molar refractivity (Wildman–Crippen MR) is 49.3 cm³/mol. The summed E-state index contributed by atoms with van der Waals surface area (Å²) in [5, 5.41) is 2.60. The van der Waals surface area contributed by atoms with E-state index in [9.17, 15) is 4.79 Å². The first-order valence-electron chi connectivity index (χ1n) is 3.94. The Bertz CT molecular complexity index is 299. The van der Waals surface area contributed by atoms with Crippen molar-refractivity contribution < 1.29 is 9.53 Å². The lowest BCUT2D eigenvalue weighted by molar-refractivity contribution is -0.114. The van der Waals surface area contributed by atoms with E-state index in [-0.39, 0.29) is 5.91 Å². The van der Waals surface area contributed by atoms with E-state index >= 15 is 0 Å². The molecule has 0 aromatic carbocycles. The zero-order valence-corrected chi connectivity index (χ0v) is 7.70. The van der Waals surface area contributed by atoms with Crippen molar-refractivity contribution >= 4 is 11.7 Å². The molecule has 0 radical (unpaired) electrons. The molecule has 1 amide bonds. The van der Waals surface area contributed by atoms with Crippen LogP contribution in [0.15, 0.2) is 18.3 Å². The highest BCUT2D eigenvalue weighted by Gasteiger charge is 1.98. The highest BCUT2D eigenvalue weighted by atomic mass is 16.5. The first-order chi connectivity index (χ1) is 6.22. The molecule has 0 aliphatic carbocycles. The third-order valence-electron chi connectivity index (χ3n) is 1.44. The standard InChI is InChI=1S/C9H12N2O2/c1-7(12)11-9-5-8(6-13-2)3-4-10-9/h3-5H,6H2,1-2H3,(H,10,11,12). The number of carbonyl (C=O) groups is 1. The van der Waals surface area contributed by atoms with Crippen LogP contribution in [0.1, 0.15) is 12.5 Å². The number of hydrogen-bond donors (Lipinski definition) is 1. The SMILES string of the molecule is COCc1ccnc(NC(C)=O)c1. The Morgan fingerprint density at radius 3 is 3.08 bits per heavy atom. The summed E-state index contributed by atoms with van der Waals surface area (Å²) in [4.78, 5) is 14.7. The van der Waals surface area contributed by atoms with Crippen molar-refractivity contribution in [3.8, 4) is 0 Å². The first-order valence-corrected chi connectivity index (χ1v) is 3.94. The molecule has 0 aliphatic heterocycles.